The molecule has 0 saturated carbocycles. The number of hydrogen-bond donors (Lipinski definition) is 3. The Bertz CT molecular complexity index is 253. The second-order valence-electron chi connectivity index (χ2n) is 2.33. The van der Waals surface area contributed by atoms with Gasteiger partial charge in [0.2, 0.25) is 0 Å². The van der Waals surface area contributed by atoms with Gasteiger partial charge in [0.25, 0.3) is 0 Å². The fourth-order valence-corrected chi connectivity index (χ4v) is 0.870. The number of aliphatic hydroxyl groups is 1. The molecule has 0 spiro atoms. The maximum atomic E-state index is 9.21. The van der Waals surface area contributed by atoms with Crippen molar-refractivity contribution >= 4 is 0 Å². The maximum absolute atomic E-state index is 9.21. The average Bonchev–Trinajstić information content (AvgIpc) is 2.04. The molecule has 1 aromatic carbocycles. The second kappa shape index (κ2) is 5.87. The Morgan fingerprint density at radius 1 is 1.33 bits per heavy atom. The van der Waals surface area contributed by atoms with Crippen LogP contribution in [0.15, 0.2) is 18.2 Å². The summed E-state index contributed by atoms with van der Waals surface area (Å²) >= 11 is 0. The monoisotopic (exact) mass is 294 g/mol. The largest absolute Gasteiger partial charge is 0.508 e. The molecule has 0 atom stereocenters. The van der Waals surface area contributed by atoms with E-state index in [0.717, 1.165) is 5.56 Å². The summed E-state index contributed by atoms with van der Waals surface area (Å²) in [5, 5.41) is 17.9. The smallest absolute Gasteiger partial charge is 0.121 e. The predicted molar refractivity (Wildman–Crippen MR) is 41.9 cm³/mol. The number of phenols is 1. The van der Waals surface area contributed by atoms with Gasteiger partial charge in [-0.25, -0.2) is 0 Å². The van der Waals surface area contributed by atoms with Crippen LogP contribution < -0.4 is 5.73 Å². The Kier molecular flexibility index (Phi) is 6.01. The summed E-state index contributed by atoms with van der Waals surface area (Å²) in [6.45, 7) is 0.260. The first-order valence-electron chi connectivity index (χ1n) is 3.39. The van der Waals surface area contributed by atoms with Crippen molar-refractivity contribution in [2.75, 3.05) is 0 Å². The third-order valence-electron chi connectivity index (χ3n) is 1.56. The van der Waals surface area contributed by atoms with Gasteiger partial charge in [-0.3, -0.25) is 0 Å². The number of benzene rings is 1. The second-order valence-corrected chi connectivity index (χ2v) is 2.33. The number of aromatic hydroxyl groups is 1. The van der Waals surface area contributed by atoms with E-state index in [9.17, 15) is 5.11 Å². The SMILES string of the molecule is NCc1ccc(CO)c(O)c1.[Pr]. The van der Waals surface area contributed by atoms with Crippen molar-refractivity contribution in [2.45, 2.75) is 13.2 Å². The summed E-state index contributed by atoms with van der Waals surface area (Å²) in [5.74, 6) is 0.107. The first-order chi connectivity index (χ1) is 5.27. The molecule has 1 radical (unpaired) electrons. The molecule has 0 unspecified atom stereocenters. The standard InChI is InChI=1S/C8H11NO2.Pr/c9-4-6-1-2-7(5-10)8(11)3-6;/h1-3,10-11H,4-5,9H2;. The van der Waals surface area contributed by atoms with Gasteiger partial charge in [0.15, 0.2) is 0 Å². The summed E-state index contributed by atoms with van der Waals surface area (Å²) in [6.07, 6.45) is 0. The predicted octanol–water partition coefficient (Wildman–Crippen LogP) is 0.343. The average molecular weight is 294 g/mol. The van der Waals surface area contributed by atoms with Crippen molar-refractivity contribution in [3.63, 3.8) is 0 Å². The van der Waals surface area contributed by atoms with Gasteiger partial charge in [0.1, 0.15) is 5.75 Å². The minimum Gasteiger partial charge on any atom is -0.508 e. The molecule has 0 aliphatic carbocycles. The Hall–Kier alpha value is 0.304. The molecule has 0 aliphatic rings. The summed E-state index contributed by atoms with van der Waals surface area (Å²) in [4.78, 5) is 0. The molecule has 0 saturated heterocycles. The van der Waals surface area contributed by atoms with Crippen molar-refractivity contribution in [3.05, 3.63) is 29.3 Å². The number of hydrogen-bond acceptors (Lipinski definition) is 3. The van der Waals surface area contributed by atoms with Gasteiger partial charge in [-0.15, -0.1) is 0 Å². The van der Waals surface area contributed by atoms with Crippen molar-refractivity contribution in [1.82, 2.24) is 0 Å². The molecule has 3 nitrogen and oxygen atoms in total. The molecule has 0 fully saturated rings. The molecule has 1 aromatic rings. The van der Waals surface area contributed by atoms with Gasteiger partial charge in [0.05, 0.1) is 6.61 Å². The first kappa shape index (κ1) is 12.3. The molecule has 63 valence electrons. The van der Waals surface area contributed by atoms with E-state index in [1.165, 1.54) is 0 Å². The van der Waals surface area contributed by atoms with Crippen LogP contribution in [0.4, 0.5) is 0 Å². The summed E-state index contributed by atoms with van der Waals surface area (Å²) in [6, 6.07) is 5.01. The van der Waals surface area contributed by atoms with Gasteiger partial charge in [0, 0.05) is 53.4 Å². The van der Waals surface area contributed by atoms with Crippen molar-refractivity contribution < 1.29 is 51.5 Å². The van der Waals surface area contributed by atoms with Crippen LogP contribution in [-0.4, -0.2) is 10.2 Å². The van der Waals surface area contributed by atoms with E-state index in [-0.39, 0.29) is 53.6 Å². The third-order valence-corrected chi connectivity index (χ3v) is 1.56. The quantitative estimate of drug-likeness (QED) is 0.737. The van der Waals surface area contributed by atoms with E-state index >= 15 is 0 Å². The molecule has 0 aliphatic heterocycles. The van der Waals surface area contributed by atoms with E-state index in [0.29, 0.717) is 12.1 Å². The summed E-state index contributed by atoms with van der Waals surface area (Å²) in [5.41, 5.74) is 6.73. The van der Waals surface area contributed by atoms with Crippen LogP contribution in [0.3, 0.4) is 0 Å². The molecule has 0 aromatic heterocycles. The molecular weight excluding hydrogens is 283 g/mol. The zero-order chi connectivity index (χ0) is 8.27. The van der Waals surface area contributed by atoms with Crippen LogP contribution >= 0.6 is 0 Å². The topological polar surface area (TPSA) is 66.5 Å². The van der Waals surface area contributed by atoms with E-state index in [1.807, 2.05) is 0 Å². The molecule has 0 amide bonds. The van der Waals surface area contributed by atoms with E-state index in [4.69, 9.17) is 10.8 Å². The zero-order valence-corrected chi connectivity index (χ0v) is 10.4. The van der Waals surface area contributed by atoms with Gasteiger partial charge in [-0.05, 0) is 11.6 Å². The van der Waals surface area contributed by atoms with Crippen LogP contribution in [-0.2, 0) is 13.2 Å². The molecule has 12 heavy (non-hydrogen) atoms. The fourth-order valence-electron chi connectivity index (χ4n) is 0.870. The summed E-state index contributed by atoms with van der Waals surface area (Å²) in [7, 11) is 0. The van der Waals surface area contributed by atoms with E-state index in [2.05, 4.69) is 0 Å². The van der Waals surface area contributed by atoms with Crippen LogP contribution in [0.2, 0.25) is 0 Å². The number of rotatable bonds is 2. The van der Waals surface area contributed by atoms with Gasteiger partial charge in [-0.2, -0.15) is 0 Å². The molecule has 0 heterocycles. The van der Waals surface area contributed by atoms with Crippen molar-refractivity contribution in [1.29, 1.82) is 0 Å². The van der Waals surface area contributed by atoms with Crippen molar-refractivity contribution in [3.8, 4) is 5.75 Å². The molecule has 4 heteroatoms. The van der Waals surface area contributed by atoms with Crippen LogP contribution in [0.5, 0.6) is 5.75 Å². The normalized spacial score (nSPS) is 9.17. The molecule has 4 N–H and O–H groups in total. The Balaban J connectivity index is 0.00000121. The minimum absolute atomic E-state index is 0. The number of aliphatic hydroxyl groups excluding tert-OH is 1. The third kappa shape index (κ3) is 2.98. The maximum Gasteiger partial charge on any atom is 0.121 e. The Labute approximate surface area is 105 Å². The Morgan fingerprint density at radius 2 is 2.00 bits per heavy atom. The van der Waals surface area contributed by atoms with Gasteiger partial charge >= 0.3 is 0 Å². The van der Waals surface area contributed by atoms with E-state index in [1.54, 1.807) is 18.2 Å². The Morgan fingerprint density at radius 3 is 2.42 bits per heavy atom. The fraction of sp³-hybridized carbons (Fsp3) is 0.250. The van der Waals surface area contributed by atoms with Crippen LogP contribution in [0, 0.1) is 41.3 Å². The van der Waals surface area contributed by atoms with E-state index < -0.39 is 0 Å². The number of nitrogens with two attached hydrogens (primary N) is 1. The van der Waals surface area contributed by atoms with Gasteiger partial charge in [-0.1, -0.05) is 12.1 Å². The minimum atomic E-state index is -0.142. The molecular formula is C8H11NO2Pr. The van der Waals surface area contributed by atoms with Gasteiger partial charge < -0.3 is 15.9 Å². The van der Waals surface area contributed by atoms with Crippen LogP contribution in [0.25, 0.3) is 0 Å². The molecule has 1 rings (SSSR count). The van der Waals surface area contributed by atoms with Crippen LogP contribution in [0.1, 0.15) is 11.1 Å². The zero-order valence-electron chi connectivity index (χ0n) is 6.70. The molecule has 0 bridgehead atoms. The van der Waals surface area contributed by atoms with Crippen molar-refractivity contribution in [2.24, 2.45) is 5.73 Å². The summed E-state index contributed by atoms with van der Waals surface area (Å²) < 4.78 is 0. The first-order valence-corrected chi connectivity index (χ1v) is 3.39.